The minimum Gasteiger partial charge on any atom is -0.465 e. The van der Waals surface area contributed by atoms with Crippen molar-refractivity contribution in [2.75, 3.05) is 6.61 Å². The largest absolute Gasteiger partial charge is 0.465 e. The second-order valence-corrected chi connectivity index (χ2v) is 4.51. The minimum atomic E-state index is -0.177. The van der Waals surface area contributed by atoms with Crippen LogP contribution in [0.15, 0.2) is 23.8 Å². The summed E-state index contributed by atoms with van der Waals surface area (Å²) in [5.41, 5.74) is 1.31. The average Bonchev–Trinajstić information content (AvgIpc) is 2.51. The molecule has 0 saturated carbocycles. The van der Waals surface area contributed by atoms with Gasteiger partial charge in [0.05, 0.1) is 12.5 Å². The fourth-order valence-electron chi connectivity index (χ4n) is 1.40. The molecule has 2 nitrogen and oxygen atoms in total. The Morgan fingerprint density at radius 1 is 1.50 bits per heavy atom. The van der Waals surface area contributed by atoms with Crippen LogP contribution in [0.1, 0.15) is 27.7 Å². The fraction of sp³-hybridized carbons (Fsp3) is 0.583. The lowest BCUT2D eigenvalue weighted by Gasteiger charge is -2.18. The summed E-state index contributed by atoms with van der Waals surface area (Å²) in [6.45, 7) is 8.68. The van der Waals surface area contributed by atoms with Gasteiger partial charge in [-0.3, -0.25) is 4.79 Å². The van der Waals surface area contributed by atoms with Gasteiger partial charge >= 0.3 is 5.97 Å². The number of esters is 1. The molecule has 78 valence electrons. The van der Waals surface area contributed by atoms with Crippen molar-refractivity contribution in [3.8, 4) is 0 Å². The van der Waals surface area contributed by atoms with E-state index in [0.717, 1.165) is 0 Å². The summed E-state index contributed by atoms with van der Waals surface area (Å²) in [7, 11) is 0. The van der Waals surface area contributed by atoms with Crippen LogP contribution < -0.4 is 0 Å². The molecule has 1 aliphatic rings. The first kappa shape index (κ1) is 11.0. The summed E-state index contributed by atoms with van der Waals surface area (Å²) in [5.74, 6) is -0.327. The Morgan fingerprint density at radius 2 is 2.14 bits per heavy atom. The van der Waals surface area contributed by atoms with Crippen LogP contribution in [0.5, 0.6) is 0 Å². The normalized spacial score (nSPS) is 20.9. The maximum atomic E-state index is 11.4. The zero-order valence-electron chi connectivity index (χ0n) is 9.33. The third kappa shape index (κ3) is 2.47. The molecule has 2 heteroatoms. The number of ether oxygens (including phenoxy) is 1. The van der Waals surface area contributed by atoms with Crippen LogP contribution in [0.25, 0.3) is 0 Å². The van der Waals surface area contributed by atoms with Crippen molar-refractivity contribution in [2.24, 2.45) is 11.3 Å². The highest BCUT2D eigenvalue weighted by molar-refractivity contribution is 5.78. The summed E-state index contributed by atoms with van der Waals surface area (Å²) >= 11 is 0. The zero-order valence-corrected chi connectivity index (χ0v) is 9.33. The maximum Gasteiger partial charge on any atom is 0.316 e. The van der Waals surface area contributed by atoms with Crippen molar-refractivity contribution in [2.45, 2.75) is 27.7 Å². The van der Waals surface area contributed by atoms with Gasteiger partial charge in [-0.25, -0.2) is 0 Å². The van der Waals surface area contributed by atoms with Gasteiger partial charge in [-0.15, -0.1) is 0 Å². The first-order chi connectivity index (χ1) is 6.45. The number of hydrogen-bond acceptors (Lipinski definition) is 2. The molecule has 1 atom stereocenters. The van der Waals surface area contributed by atoms with Crippen molar-refractivity contribution in [1.82, 2.24) is 0 Å². The van der Waals surface area contributed by atoms with E-state index in [4.69, 9.17) is 4.74 Å². The first-order valence-corrected chi connectivity index (χ1v) is 5.02. The van der Waals surface area contributed by atoms with Crippen LogP contribution in [-0.4, -0.2) is 12.6 Å². The van der Waals surface area contributed by atoms with E-state index in [2.05, 4.69) is 20.8 Å². The standard InChI is InChI=1S/C12H18O2/c1-5-14-11(13)9-6-7-10(8-9)12(2,3)4/h6-9H,5H2,1-4H3. The molecule has 0 saturated heterocycles. The minimum absolute atomic E-state index is 0.109. The maximum absolute atomic E-state index is 11.4. The molecular formula is C12H18O2. The van der Waals surface area contributed by atoms with Gasteiger partial charge in [0.2, 0.25) is 0 Å². The molecule has 0 spiro atoms. The summed E-state index contributed by atoms with van der Waals surface area (Å²) in [6, 6.07) is 0. The summed E-state index contributed by atoms with van der Waals surface area (Å²) < 4.78 is 4.95. The molecule has 0 aromatic rings. The van der Waals surface area contributed by atoms with E-state index in [0.29, 0.717) is 6.61 Å². The number of hydrogen-bond donors (Lipinski definition) is 0. The van der Waals surface area contributed by atoms with Crippen molar-refractivity contribution in [3.05, 3.63) is 23.8 Å². The molecule has 0 aliphatic heterocycles. The lowest BCUT2D eigenvalue weighted by Crippen LogP contribution is -2.13. The van der Waals surface area contributed by atoms with Gasteiger partial charge in [0, 0.05) is 0 Å². The molecule has 0 bridgehead atoms. The number of allylic oxidation sites excluding steroid dienone is 2. The van der Waals surface area contributed by atoms with Crippen LogP contribution in [0, 0.1) is 11.3 Å². The van der Waals surface area contributed by atoms with E-state index in [1.807, 2.05) is 25.2 Å². The van der Waals surface area contributed by atoms with Gasteiger partial charge in [-0.2, -0.15) is 0 Å². The lowest BCUT2D eigenvalue weighted by atomic mass is 9.87. The summed E-state index contributed by atoms with van der Waals surface area (Å²) in [6.07, 6.45) is 5.90. The van der Waals surface area contributed by atoms with E-state index in [9.17, 15) is 4.79 Å². The Kier molecular flexibility index (Phi) is 3.14. The average molecular weight is 194 g/mol. The molecule has 0 heterocycles. The third-order valence-electron chi connectivity index (χ3n) is 2.27. The van der Waals surface area contributed by atoms with E-state index in [-0.39, 0.29) is 17.3 Å². The Morgan fingerprint density at radius 3 is 2.57 bits per heavy atom. The molecule has 0 amide bonds. The third-order valence-corrected chi connectivity index (χ3v) is 2.27. The Labute approximate surface area is 85.6 Å². The van der Waals surface area contributed by atoms with E-state index in [1.54, 1.807) is 0 Å². The van der Waals surface area contributed by atoms with E-state index >= 15 is 0 Å². The second kappa shape index (κ2) is 3.99. The van der Waals surface area contributed by atoms with Crippen molar-refractivity contribution < 1.29 is 9.53 Å². The van der Waals surface area contributed by atoms with Crippen LogP contribution in [0.2, 0.25) is 0 Å². The van der Waals surface area contributed by atoms with Crippen LogP contribution in [-0.2, 0) is 9.53 Å². The number of carbonyl (C=O) groups excluding carboxylic acids is 1. The molecule has 0 aromatic carbocycles. The van der Waals surface area contributed by atoms with Gasteiger partial charge in [-0.05, 0) is 17.9 Å². The van der Waals surface area contributed by atoms with Crippen molar-refractivity contribution in [1.29, 1.82) is 0 Å². The van der Waals surface area contributed by atoms with Crippen LogP contribution in [0.4, 0.5) is 0 Å². The van der Waals surface area contributed by atoms with E-state index in [1.165, 1.54) is 5.57 Å². The molecule has 14 heavy (non-hydrogen) atoms. The monoisotopic (exact) mass is 194 g/mol. The van der Waals surface area contributed by atoms with Gasteiger partial charge < -0.3 is 4.74 Å². The topological polar surface area (TPSA) is 26.3 Å². The van der Waals surface area contributed by atoms with Crippen LogP contribution >= 0.6 is 0 Å². The molecule has 1 rings (SSSR count). The molecule has 1 unspecified atom stereocenters. The first-order valence-electron chi connectivity index (χ1n) is 5.02. The summed E-state index contributed by atoms with van der Waals surface area (Å²) in [5, 5.41) is 0. The SMILES string of the molecule is CCOC(=O)C1C=CC(C(C)(C)C)=C1. The van der Waals surface area contributed by atoms with E-state index < -0.39 is 0 Å². The molecule has 0 fully saturated rings. The lowest BCUT2D eigenvalue weighted by molar-refractivity contribution is -0.144. The molecule has 0 aromatic heterocycles. The van der Waals surface area contributed by atoms with Gasteiger partial charge in [0.1, 0.15) is 0 Å². The number of carbonyl (C=O) groups is 1. The summed E-state index contributed by atoms with van der Waals surface area (Å²) in [4.78, 5) is 11.4. The van der Waals surface area contributed by atoms with Gasteiger partial charge in [0.15, 0.2) is 0 Å². The predicted molar refractivity (Wildman–Crippen MR) is 56.8 cm³/mol. The fourth-order valence-corrected chi connectivity index (χ4v) is 1.40. The smallest absolute Gasteiger partial charge is 0.316 e. The molecule has 0 radical (unpaired) electrons. The second-order valence-electron chi connectivity index (χ2n) is 4.51. The van der Waals surface area contributed by atoms with Crippen LogP contribution in [0.3, 0.4) is 0 Å². The molecular weight excluding hydrogens is 176 g/mol. The van der Waals surface area contributed by atoms with Gasteiger partial charge in [0.25, 0.3) is 0 Å². The van der Waals surface area contributed by atoms with Crippen molar-refractivity contribution in [3.63, 3.8) is 0 Å². The molecule has 1 aliphatic carbocycles. The number of rotatable bonds is 2. The zero-order chi connectivity index (χ0) is 10.8. The quantitative estimate of drug-likeness (QED) is 0.632. The highest BCUT2D eigenvalue weighted by Gasteiger charge is 2.24. The Hall–Kier alpha value is -1.05. The highest BCUT2D eigenvalue weighted by atomic mass is 16.5. The molecule has 0 N–H and O–H groups in total. The predicted octanol–water partition coefficient (Wildman–Crippen LogP) is 2.71. The van der Waals surface area contributed by atoms with Crippen molar-refractivity contribution >= 4 is 5.97 Å². The van der Waals surface area contributed by atoms with Gasteiger partial charge in [-0.1, -0.05) is 39.0 Å². The Bertz CT molecular complexity index is 279. The Balaban J connectivity index is 2.69. The highest BCUT2D eigenvalue weighted by Crippen LogP contribution is 2.32.